The number of rotatable bonds is 5. The van der Waals surface area contributed by atoms with Crippen LogP contribution < -0.4 is 4.74 Å². The Morgan fingerprint density at radius 2 is 1.92 bits per heavy atom. The first-order valence-corrected chi connectivity index (χ1v) is 8.33. The second-order valence-electron chi connectivity index (χ2n) is 6.12. The summed E-state index contributed by atoms with van der Waals surface area (Å²) in [6.45, 7) is 4.29. The number of carbonyl (C=O) groups excluding carboxylic acids is 1. The first kappa shape index (κ1) is 16.5. The van der Waals surface area contributed by atoms with Crippen LogP contribution in [0.1, 0.15) is 11.1 Å². The number of aryl methyl sites for hydroxylation is 1. The van der Waals surface area contributed by atoms with Gasteiger partial charge in [-0.15, -0.1) is 0 Å². The third-order valence-electron chi connectivity index (χ3n) is 4.15. The summed E-state index contributed by atoms with van der Waals surface area (Å²) in [7, 11) is 0. The van der Waals surface area contributed by atoms with Crippen LogP contribution in [0.2, 0.25) is 0 Å². The highest BCUT2D eigenvalue weighted by Crippen LogP contribution is 2.14. The van der Waals surface area contributed by atoms with Crippen molar-refractivity contribution in [2.24, 2.45) is 0 Å². The van der Waals surface area contributed by atoms with Gasteiger partial charge in [0.15, 0.2) is 0 Å². The molecular weight excluding hydrogens is 302 g/mol. The number of carbonyl (C=O) groups is 1. The van der Waals surface area contributed by atoms with Gasteiger partial charge < -0.3 is 14.4 Å². The minimum atomic E-state index is -0.0835. The maximum absolute atomic E-state index is 12.5. The van der Waals surface area contributed by atoms with Crippen LogP contribution >= 0.6 is 0 Å². The van der Waals surface area contributed by atoms with Gasteiger partial charge >= 0.3 is 0 Å². The molecule has 0 N–H and O–H groups in total. The molecule has 0 radical (unpaired) electrons. The van der Waals surface area contributed by atoms with Crippen molar-refractivity contribution in [3.8, 4) is 5.75 Å². The predicted molar refractivity (Wildman–Crippen MR) is 93.1 cm³/mol. The van der Waals surface area contributed by atoms with E-state index in [2.05, 4.69) is 0 Å². The first-order chi connectivity index (χ1) is 11.7. The number of hydrogen-bond acceptors (Lipinski definition) is 3. The van der Waals surface area contributed by atoms with E-state index in [4.69, 9.17) is 9.47 Å². The Bertz CT molecular complexity index is 654. The Kier molecular flexibility index (Phi) is 5.49. The van der Waals surface area contributed by atoms with E-state index in [9.17, 15) is 4.79 Å². The highest BCUT2D eigenvalue weighted by molar-refractivity contribution is 5.78. The summed E-state index contributed by atoms with van der Waals surface area (Å²) in [5, 5.41) is 0. The van der Waals surface area contributed by atoms with Crippen molar-refractivity contribution < 1.29 is 14.3 Å². The van der Waals surface area contributed by atoms with Crippen LogP contribution in [0, 0.1) is 6.92 Å². The number of nitrogens with zero attached hydrogens (tertiary/aromatic N) is 1. The number of benzene rings is 2. The average Bonchev–Trinajstić information content (AvgIpc) is 2.62. The summed E-state index contributed by atoms with van der Waals surface area (Å²) in [6, 6.07) is 17.8. The van der Waals surface area contributed by atoms with Gasteiger partial charge in [-0.1, -0.05) is 48.0 Å². The lowest BCUT2D eigenvalue weighted by atomic mass is 10.1. The number of amides is 1. The lowest BCUT2D eigenvalue weighted by Crippen LogP contribution is -2.48. The average molecular weight is 325 g/mol. The van der Waals surface area contributed by atoms with Crippen molar-refractivity contribution in [3.05, 3.63) is 65.7 Å². The summed E-state index contributed by atoms with van der Waals surface area (Å²) in [6.07, 6.45) is 0.353. The predicted octanol–water partition coefficient (Wildman–Crippen LogP) is 2.84. The van der Waals surface area contributed by atoms with Gasteiger partial charge in [0.1, 0.15) is 18.5 Å². The fourth-order valence-corrected chi connectivity index (χ4v) is 2.75. The maximum atomic E-state index is 12.5. The van der Waals surface area contributed by atoms with Crippen molar-refractivity contribution in [1.82, 2.24) is 4.90 Å². The molecule has 4 heteroatoms. The van der Waals surface area contributed by atoms with Gasteiger partial charge in [-0.3, -0.25) is 4.79 Å². The molecule has 0 aliphatic carbocycles. The van der Waals surface area contributed by atoms with Gasteiger partial charge in [0, 0.05) is 6.54 Å². The van der Waals surface area contributed by atoms with E-state index in [1.165, 1.54) is 5.56 Å². The van der Waals surface area contributed by atoms with Gasteiger partial charge in [0.05, 0.1) is 19.6 Å². The number of hydrogen-bond donors (Lipinski definition) is 0. The van der Waals surface area contributed by atoms with Crippen LogP contribution in [0.3, 0.4) is 0 Å². The Morgan fingerprint density at radius 1 is 1.17 bits per heavy atom. The molecule has 1 heterocycles. The minimum absolute atomic E-state index is 0.0835. The second kappa shape index (κ2) is 7.97. The van der Waals surface area contributed by atoms with Crippen molar-refractivity contribution in [1.29, 1.82) is 0 Å². The van der Waals surface area contributed by atoms with E-state index in [0.29, 0.717) is 32.7 Å². The molecule has 2 aromatic rings. The standard InChI is InChI=1S/C20H23NO3/c1-16-7-9-18(10-8-16)24-15-19-14-21(11-12-23-19)20(22)13-17-5-3-2-4-6-17/h2-10,19H,11-15H2,1H3/t19-/m1/s1. The summed E-state index contributed by atoms with van der Waals surface area (Å²) in [5.41, 5.74) is 2.25. The highest BCUT2D eigenvalue weighted by Gasteiger charge is 2.24. The van der Waals surface area contributed by atoms with Crippen LogP contribution in [-0.4, -0.2) is 43.2 Å². The van der Waals surface area contributed by atoms with E-state index in [-0.39, 0.29) is 12.0 Å². The molecule has 4 nitrogen and oxygen atoms in total. The topological polar surface area (TPSA) is 38.8 Å². The van der Waals surface area contributed by atoms with E-state index in [0.717, 1.165) is 11.3 Å². The van der Waals surface area contributed by atoms with Gasteiger partial charge in [-0.2, -0.15) is 0 Å². The normalized spacial score (nSPS) is 17.5. The lowest BCUT2D eigenvalue weighted by Gasteiger charge is -2.33. The molecule has 1 saturated heterocycles. The third-order valence-corrected chi connectivity index (χ3v) is 4.15. The fraction of sp³-hybridized carbons (Fsp3) is 0.350. The molecule has 0 spiro atoms. The number of morpholine rings is 1. The fourth-order valence-electron chi connectivity index (χ4n) is 2.75. The summed E-state index contributed by atoms with van der Waals surface area (Å²) in [5.74, 6) is 0.974. The zero-order valence-corrected chi connectivity index (χ0v) is 14.0. The molecule has 1 aliphatic rings. The quantitative estimate of drug-likeness (QED) is 0.848. The van der Waals surface area contributed by atoms with E-state index >= 15 is 0 Å². The Labute approximate surface area is 143 Å². The molecule has 1 fully saturated rings. The monoisotopic (exact) mass is 325 g/mol. The Hall–Kier alpha value is -2.33. The largest absolute Gasteiger partial charge is 0.491 e. The second-order valence-corrected chi connectivity index (χ2v) is 6.12. The first-order valence-electron chi connectivity index (χ1n) is 8.33. The van der Waals surface area contributed by atoms with Crippen LogP contribution in [0.5, 0.6) is 5.75 Å². The van der Waals surface area contributed by atoms with Crippen molar-refractivity contribution in [2.75, 3.05) is 26.3 Å². The maximum Gasteiger partial charge on any atom is 0.227 e. The van der Waals surface area contributed by atoms with Gasteiger partial charge in [-0.25, -0.2) is 0 Å². The molecule has 0 bridgehead atoms. The van der Waals surface area contributed by atoms with Crippen LogP contribution in [0.4, 0.5) is 0 Å². The van der Waals surface area contributed by atoms with Gasteiger partial charge in [0.25, 0.3) is 0 Å². The van der Waals surface area contributed by atoms with E-state index < -0.39 is 0 Å². The molecule has 1 amide bonds. The molecule has 1 atom stereocenters. The highest BCUT2D eigenvalue weighted by atomic mass is 16.5. The zero-order valence-electron chi connectivity index (χ0n) is 14.0. The van der Waals surface area contributed by atoms with Crippen molar-refractivity contribution >= 4 is 5.91 Å². The SMILES string of the molecule is Cc1ccc(OC[C@H]2CN(C(=O)Cc3ccccc3)CCO2)cc1. The van der Waals surface area contributed by atoms with E-state index in [1.54, 1.807) is 0 Å². The number of ether oxygens (including phenoxy) is 2. The molecule has 126 valence electrons. The van der Waals surface area contributed by atoms with Gasteiger partial charge in [-0.05, 0) is 24.6 Å². The minimum Gasteiger partial charge on any atom is -0.491 e. The Balaban J connectivity index is 1.50. The third kappa shape index (κ3) is 4.59. The zero-order chi connectivity index (χ0) is 16.8. The lowest BCUT2D eigenvalue weighted by molar-refractivity contribution is -0.139. The molecular formula is C20H23NO3. The molecule has 24 heavy (non-hydrogen) atoms. The molecule has 3 rings (SSSR count). The van der Waals surface area contributed by atoms with Crippen LogP contribution in [-0.2, 0) is 16.0 Å². The van der Waals surface area contributed by atoms with Gasteiger partial charge in [0.2, 0.25) is 5.91 Å². The molecule has 0 aromatic heterocycles. The van der Waals surface area contributed by atoms with Crippen molar-refractivity contribution in [2.45, 2.75) is 19.4 Å². The Morgan fingerprint density at radius 3 is 2.67 bits per heavy atom. The van der Waals surface area contributed by atoms with Crippen LogP contribution in [0.25, 0.3) is 0 Å². The summed E-state index contributed by atoms with van der Waals surface area (Å²) < 4.78 is 11.5. The molecule has 1 aliphatic heterocycles. The van der Waals surface area contributed by atoms with Crippen molar-refractivity contribution in [3.63, 3.8) is 0 Å². The smallest absolute Gasteiger partial charge is 0.227 e. The summed E-state index contributed by atoms with van der Waals surface area (Å²) >= 11 is 0. The summed E-state index contributed by atoms with van der Waals surface area (Å²) in [4.78, 5) is 14.3. The molecule has 0 unspecified atom stereocenters. The van der Waals surface area contributed by atoms with Crippen LogP contribution in [0.15, 0.2) is 54.6 Å². The molecule has 0 saturated carbocycles. The molecule has 2 aromatic carbocycles. The van der Waals surface area contributed by atoms with E-state index in [1.807, 2.05) is 66.4 Å².